The number of hydrogen-bond acceptors (Lipinski definition) is 3. The summed E-state index contributed by atoms with van der Waals surface area (Å²) in [7, 11) is 0. The second-order valence-electron chi connectivity index (χ2n) is 5.26. The van der Waals surface area contributed by atoms with E-state index in [4.69, 9.17) is 4.74 Å². The first-order chi connectivity index (χ1) is 10.1. The van der Waals surface area contributed by atoms with Gasteiger partial charge in [-0.3, -0.25) is 4.98 Å². The number of ether oxygens (including phenoxy) is 1. The van der Waals surface area contributed by atoms with Gasteiger partial charge in [0.25, 0.3) is 0 Å². The fourth-order valence-electron chi connectivity index (χ4n) is 1.92. The topological polar surface area (TPSA) is 34.1 Å². The molecule has 4 heteroatoms. The fraction of sp³-hybridized carbons (Fsp3) is 0.353. The minimum absolute atomic E-state index is 0.485. The summed E-state index contributed by atoms with van der Waals surface area (Å²) in [5.74, 6) is 0.882. The monoisotopic (exact) mass is 348 g/mol. The Labute approximate surface area is 134 Å². The van der Waals surface area contributed by atoms with Crippen LogP contribution in [0.25, 0.3) is 0 Å². The first kappa shape index (κ1) is 16.0. The van der Waals surface area contributed by atoms with E-state index in [2.05, 4.69) is 58.3 Å². The Kier molecular flexibility index (Phi) is 6.21. The van der Waals surface area contributed by atoms with Crippen LogP contribution >= 0.6 is 15.9 Å². The summed E-state index contributed by atoms with van der Waals surface area (Å²) in [5.41, 5.74) is 2.43. The molecular weight excluding hydrogens is 328 g/mol. The molecule has 1 N–H and O–H groups in total. The van der Waals surface area contributed by atoms with Crippen molar-refractivity contribution < 1.29 is 4.74 Å². The molecule has 112 valence electrons. The zero-order valence-electron chi connectivity index (χ0n) is 12.5. The van der Waals surface area contributed by atoms with Crippen LogP contribution < -0.4 is 10.1 Å². The fourth-order valence-corrected chi connectivity index (χ4v) is 2.46. The van der Waals surface area contributed by atoms with Gasteiger partial charge in [0, 0.05) is 31.4 Å². The van der Waals surface area contributed by atoms with E-state index in [0.29, 0.717) is 12.6 Å². The Morgan fingerprint density at radius 3 is 2.76 bits per heavy atom. The van der Waals surface area contributed by atoms with Gasteiger partial charge >= 0.3 is 0 Å². The van der Waals surface area contributed by atoms with Crippen molar-refractivity contribution in [3.05, 3.63) is 58.3 Å². The molecule has 0 saturated carbocycles. The van der Waals surface area contributed by atoms with Gasteiger partial charge in [-0.05, 0) is 45.3 Å². The molecule has 0 aliphatic heterocycles. The van der Waals surface area contributed by atoms with Gasteiger partial charge in [-0.1, -0.05) is 26.0 Å². The van der Waals surface area contributed by atoms with Gasteiger partial charge in [-0.25, -0.2) is 0 Å². The van der Waals surface area contributed by atoms with Crippen LogP contribution in [0.5, 0.6) is 5.75 Å². The molecule has 1 aromatic carbocycles. The van der Waals surface area contributed by atoms with Crippen molar-refractivity contribution in [2.24, 2.45) is 0 Å². The summed E-state index contributed by atoms with van der Waals surface area (Å²) in [6.07, 6.45) is 4.51. The Morgan fingerprint density at radius 2 is 2.10 bits per heavy atom. The number of rotatable bonds is 7. The summed E-state index contributed by atoms with van der Waals surface area (Å²) in [6.45, 7) is 5.80. The predicted octanol–water partition coefficient (Wildman–Crippen LogP) is 3.96. The van der Waals surface area contributed by atoms with Crippen LogP contribution in [0.2, 0.25) is 0 Å². The lowest BCUT2D eigenvalue weighted by atomic mass is 10.2. The van der Waals surface area contributed by atoms with Crippen LogP contribution in [-0.2, 0) is 13.0 Å². The summed E-state index contributed by atoms with van der Waals surface area (Å²) in [4.78, 5) is 4.10. The third-order valence-electron chi connectivity index (χ3n) is 3.08. The third-order valence-corrected chi connectivity index (χ3v) is 3.70. The summed E-state index contributed by atoms with van der Waals surface area (Å²) < 4.78 is 6.82. The summed E-state index contributed by atoms with van der Waals surface area (Å²) in [5, 5.41) is 3.40. The predicted molar refractivity (Wildman–Crippen MR) is 89.6 cm³/mol. The molecule has 0 amide bonds. The molecule has 0 unspecified atom stereocenters. The van der Waals surface area contributed by atoms with Crippen LogP contribution in [0.15, 0.2) is 47.2 Å². The number of aromatic nitrogens is 1. The van der Waals surface area contributed by atoms with E-state index in [1.54, 1.807) is 6.20 Å². The van der Waals surface area contributed by atoms with Crippen LogP contribution in [0.4, 0.5) is 0 Å². The largest absolute Gasteiger partial charge is 0.492 e. The summed E-state index contributed by atoms with van der Waals surface area (Å²) >= 11 is 3.58. The highest BCUT2D eigenvalue weighted by Gasteiger charge is 2.04. The maximum absolute atomic E-state index is 5.83. The molecule has 3 nitrogen and oxygen atoms in total. The molecule has 0 atom stereocenters. The molecule has 0 spiro atoms. The molecule has 0 aliphatic carbocycles. The highest BCUT2D eigenvalue weighted by molar-refractivity contribution is 9.10. The van der Waals surface area contributed by atoms with Gasteiger partial charge in [0.1, 0.15) is 5.75 Å². The first-order valence-corrected chi connectivity index (χ1v) is 7.98. The van der Waals surface area contributed by atoms with E-state index < -0.39 is 0 Å². The van der Waals surface area contributed by atoms with E-state index in [1.165, 1.54) is 11.1 Å². The quantitative estimate of drug-likeness (QED) is 0.822. The molecule has 1 aromatic heterocycles. The minimum atomic E-state index is 0.485. The van der Waals surface area contributed by atoms with Crippen molar-refractivity contribution in [3.63, 3.8) is 0 Å². The Hall–Kier alpha value is -1.39. The Balaban J connectivity index is 1.86. The van der Waals surface area contributed by atoms with E-state index in [9.17, 15) is 0 Å². The third kappa shape index (κ3) is 5.48. The number of pyridine rings is 1. The SMILES string of the molecule is CC(C)NCc1ccc(OCCc2cccnc2)c(Br)c1. The molecule has 0 fully saturated rings. The average molecular weight is 349 g/mol. The second kappa shape index (κ2) is 8.15. The Bertz CT molecular complexity index is 558. The molecule has 21 heavy (non-hydrogen) atoms. The molecule has 0 saturated heterocycles. The molecule has 0 radical (unpaired) electrons. The van der Waals surface area contributed by atoms with E-state index >= 15 is 0 Å². The van der Waals surface area contributed by atoms with Crippen molar-refractivity contribution in [2.45, 2.75) is 32.9 Å². The van der Waals surface area contributed by atoms with Gasteiger partial charge in [-0.15, -0.1) is 0 Å². The van der Waals surface area contributed by atoms with Gasteiger partial charge in [0.2, 0.25) is 0 Å². The summed E-state index contributed by atoms with van der Waals surface area (Å²) in [6, 6.07) is 10.7. The number of benzene rings is 1. The number of nitrogens with one attached hydrogen (secondary N) is 1. The molecule has 1 heterocycles. The van der Waals surface area contributed by atoms with Crippen LogP contribution in [0, 0.1) is 0 Å². The van der Waals surface area contributed by atoms with Crippen molar-refractivity contribution in [1.82, 2.24) is 10.3 Å². The van der Waals surface area contributed by atoms with E-state index in [1.807, 2.05) is 18.3 Å². The maximum atomic E-state index is 5.83. The van der Waals surface area contributed by atoms with E-state index in [-0.39, 0.29) is 0 Å². The highest BCUT2D eigenvalue weighted by atomic mass is 79.9. The van der Waals surface area contributed by atoms with Crippen LogP contribution in [-0.4, -0.2) is 17.6 Å². The normalized spacial score (nSPS) is 10.9. The highest BCUT2D eigenvalue weighted by Crippen LogP contribution is 2.26. The standard InChI is InChI=1S/C17H21BrN2O/c1-13(2)20-12-15-5-6-17(16(18)10-15)21-9-7-14-4-3-8-19-11-14/h3-6,8,10-11,13,20H,7,9,12H2,1-2H3. The zero-order chi connectivity index (χ0) is 15.1. The van der Waals surface area contributed by atoms with Gasteiger partial charge < -0.3 is 10.1 Å². The van der Waals surface area contributed by atoms with Gasteiger partial charge in [0.15, 0.2) is 0 Å². The van der Waals surface area contributed by atoms with Crippen LogP contribution in [0.3, 0.4) is 0 Å². The van der Waals surface area contributed by atoms with Gasteiger partial charge in [-0.2, -0.15) is 0 Å². The van der Waals surface area contributed by atoms with Crippen molar-refractivity contribution in [2.75, 3.05) is 6.61 Å². The minimum Gasteiger partial charge on any atom is -0.492 e. The number of halogens is 1. The molecular formula is C17H21BrN2O. The lowest BCUT2D eigenvalue weighted by Crippen LogP contribution is -2.21. The lowest BCUT2D eigenvalue weighted by molar-refractivity contribution is 0.319. The van der Waals surface area contributed by atoms with Crippen molar-refractivity contribution in [3.8, 4) is 5.75 Å². The van der Waals surface area contributed by atoms with Crippen LogP contribution in [0.1, 0.15) is 25.0 Å². The smallest absolute Gasteiger partial charge is 0.133 e. The second-order valence-corrected chi connectivity index (χ2v) is 6.11. The first-order valence-electron chi connectivity index (χ1n) is 7.18. The van der Waals surface area contributed by atoms with Crippen molar-refractivity contribution in [1.29, 1.82) is 0 Å². The average Bonchev–Trinajstić information content (AvgIpc) is 2.48. The Morgan fingerprint density at radius 1 is 1.24 bits per heavy atom. The number of hydrogen-bond donors (Lipinski definition) is 1. The molecule has 0 aliphatic rings. The van der Waals surface area contributed by atoms with E-state index in [0.717, 1.165) is 23.2 Å². The molecule has 2 aromatic rings. The maximum Gasteiger partial charge on any atom is 0.133 e. The van der Waals surface area contributed by atoms with Crippen molar-refractivity contribution >= 4 is 15.9 Å². The zero-order valence-corrected chi connectivity index (χ0v) is 14.1. The lowest BCUT2D eigenvalue weighted by Gasteiger charge is -2.11. The molecule has 0 bridgehead atoms. The number of nitrogens with zero attached hydrogens (tertiary/aromatic N) is 1. The molecule has 2 rings (SSSR count). The van der Waals surface area contributed by atoms with Gasteiger partial charge in [0.05, 0.1) is 11.1 Å².